The second-order valence-corrected chi connectivity index (χ2v) is 4.00. The minimum atomic E-state index is -0.818. The lowest BCUT2D eigenvalue weighted by Gasteiger charge is -2.16. The molecule has 7 heteroatoms. The summed E-state index contributed by atoms with van der Waals surface area (Å²) in [6.07, 6.45) is 0.829. The number of hydrogen-bond donors (Lipinski definition) is 1. The van der Waals surface area contributed by atoms with E-state index in [9.17, 15) is 4.79 Å². The van der Waals surface area contributed by atoms with Crippen molar-refractivity contribution < 1.29 is 9.90 Å². The van der Waals surface area contributed by atoms with E-state index < -0.39 is 5.97 Å². The highest BCUT2D eigenvalue weighted by Crippen LogP contribution is 2.11. The highest BCUT2D eigenvalue weighted by molar-refractivity contribution is 5.67. The fourth-order valence-electron chi connectivity index (χ4n) is 1.63. The molecule has 0 atom stereocenters. The summed E-state index contributed by atoms with van der Waals surface area (Å²) in [5.74, 6) is 0.679. The molecular formula is C11H15N5O2. The Labute approximate surface area is 104 Å². The van der Waals surface area contributed by atoms with Crippen molar-refractivity contribution in [2.24, 2.45) is 0 Å². The average molecular weight is 249 g/mol. The Bertz CT molecular complexity index is 566. The van der Waals surface area contributed by atoms with Crippen molar-refractivity contribution in [3.63, 3.8) is 0 Å². The number of aryl methyl sites for hydroxylation is 1. The van der Waals surface area contributed by atoms with Crippen LogP contribution >= 0.6 is 0 Å². The third-order valence-electron chi connectivity index (χ3n) is 2.68. The number of anilines is 1. The smallest absolute Gasteiger partial charge is 0.305 e. The summed E-state index contributed by atoms with van der Waals surface area (Å²) in [5, 5.41) is 21.1. The molecule has 7 nitrogen and oxygen atoms in total. The van der Waals surface area contributed by atoms with Crippen LogP contribution in [-0.4, -0.2) is 44.5 Å². The standard InChI is InChI=1S/C11H15N5O2/c1-3-8-12-13-9-4-5-10(14-16(8)9)15(2)7-6-11(17)18/h4-5H,3,6-7H2,1-2H3,(H,17,18). The molecule has 0 saturated heterocycles. The molecular weight excluding hydrogens is 234 g/mol. The van der Waals surface area contributed by atoms with Crippen molar-refractivity contribution in [1.29, 1.82) is 0 Å². The van der Waals surface area contributed by atoms with E-state index in [4.69, 9.17) is 5.11 Å². The second kappa shape index (κ2) is 4.99. The van der Waals surface area contributed by atoms with E-state index >= 15 is 0 Å². The number of nitrogens with zero attached hydrogens (tertiary/aromatic N) is 5. The van der Waals surface area contributed by atoms with Crippen LogP contribution in [0.5, 0.6) is 0 Å². The van der Waals surface area contributed by atoms with E-state index in [-0.39, 0.29) is 6.42 Å². The molecule has 0 aliphatic rings. The molecule has 0 spiro atoms. The lowest BCUT2D eigenvalue weighted by Crippen LogP contribution is -2.22. The number of hydrogen-bond acceptors (Lipinski definition) is 5. The van der Waals surface area contributed by atoms with Crippen molar-refractivity contribution in [2.45, 2.75) is 19.8 Å². The van der Waals surface area contributed by atoms with E-state index in [0.717, 1.165) is 12.2 Å². The Morgan fingerprint density at radius 1 is 1.44 bits per heavy atom. The molecule has 0 amide bonds. The van der Waals surface area contributed by atoms with Gasteiger partial charge in [-0.05, 0) is 12.1 Å². The van der Waals surface area contributed by atoms with Crippen molar-refractivity contribution >= 4 is 17.4 Å². The van der Waals surface area contributed by atoms with Crippen molar-refractivity contribution in [3.8, 4) is 0 Å². The highest BCUT2D eigenvalue weighted by atomic mass is 16.4. The zero-order valence-corrected chi connectivity index (χ0v) is 10.4. The Morgan fingerprint density at radius 3 is 2.89 bits per heavy atom. The third kappa shape index (κ3) is 2.39. The summed E-state index contributed by atoms with van der Waals surface area (Å²) < 4.78 is 1.69. The molecule has 0 saturated carbocycles. The van der Waals surface area contributed by atoms with Gasteiger partial charge in [0.05, 0.1) is 6.42 Å². The van der Waals surface area contributed by atoms with Gasteiger partial charge in [0.15, 0.2) is 11.5 Å². The van der Waals surface area contributed by atoms with E-state index in [2.05, 4.69) is 15.3 Å². The maximum Gasteiger partial charge on any atom is 0.305 e. The predicted molar refractivity (Wildman–Crippen MR) is 65.7 cm³/mol. The van der Waals surface area contributed by atoms with Gasteiger partial charge in [0.2, 0.25) is 0 Å². The van der Waals surface area contributed by atoms with Gasteiger partial charge in [-0.25, -0.2) is 0 Å². The lowest BCUT2D eigenvalue weighted by atomic mass is 10.4. The summed E-state index contributed by atoms with van der Waals surface area (Å²) >= 11 is 0. The summed E-state index contributed by atoms with van der Waals surface area (Å²) in [6.45, 7) is 2.40. The summed E-state index contributed by atoms with van der Waals surface area (Å²) in [4.78, 5) is 12.3. The molecule has 0 aliphatic heterocycles. The van der Waals surface area contributed by atoms with E-state index in [1.807, 2.05) is 26.1 Å². The normalized spacial score (nSPS) is 10.8. The first-order chi connectivity index (χ1) is 8.61. The number of carboxylic acids is 1. The SMILES string of the molecule is CCc1nnc2ccc(N(C)CCC(=O)O)nn12. The summed E-state index contributed by atoms with van der Waals surface area (Å²) in [5.41, 5.74) is 0.697. The first-order valence-electron chi connectivity index (χ1n) is 5.76. The van der Waals surface area contributed by atoms with Crippen molar-refractivity contribution in [2.75, 3.05) is 18.5 Å². The molecule has 0 aromatic carbocycles. The molecule has 0 radical (unpaired) electrons. The van der Waals surface area contributed by atoms with Crippen LogP contribution in [0.2, 0.25) is 0 Å². The van der Waals surface area contributed by atoms with Gasteiger partial charge in [-0.3, -0.25) is 4.79 Å². The van der Waals surface area contributed by atoms with Crippen molar-refractivity contribution in [3.05, 3.63) is 18.0 Å². The van der Waals surface area contributed by atoms with E-state index in [0.29, 0.717) is 18.0 Å². The van der Waals surface area contributed by atoms with Crippen LogP contribution in [0.1, 0.15) is 19.2 Å². The number of aromatic nitrogens is 4. The third-order valence-corrected chi connectivity index (χ3v) is 2.68. The monoisotopic (exact) mass is 249 g/mol. The Kier molecular flexibility index (Phi) is 3.40. The van der Waals surface area contributed by atoms with Crippen LogP contribution in [0.25, 0.3) is 5.65 Å². The largest absolute Gasteiger partial charge is 0.481 e. The minimum Gasteiger partial charge on any atom is -0.481 e. The van der Waals surface area contributed by atoms with Crippen LogP contribution in [0.3, 0.4) is 0 Å². The highest BCUT2D eigenvalue weighted by Gasteiger charge is 2.09. The fourth-order valence-corrected chi connectivity index (χ4v) is 1.63. The molecule has 2 aromatic heterocycles. The molecule has 0 unspecified atom stereocenters. The molecule has 96 valence electrons. The van der Waals surface area contributed by atoms with Gasteiger partial charge in [0.1, 0.15) is 5.82 Å². The number of rotatable bonds is 5. The van der Waals surface area contributed by atoms with Crippen LogP contribution in [0.4, 0.5) is 5.82 Å². The summed E-state index contributed by atoms with van der Waals surface area (Å²) in [7, 11) is 1.81. The van der Waals surface area contributed by atoms with Crippen LogP contribution in [0, 0.1) is 0 Å². The van der Waals surface area contributed by atoms with Crippen molar-refractivity contribution in [1.82, 2.24) is 19.8 Å². The zero-order valence-electron chi connectivity index (χ0n) is 10.4. The number of carboxylic acid groups (broad SMARTS) is 1. The minimum absolute atomic E-state index is 0.0824. The Hall–Kier alpha value is -2.18. The predicted octanol–water partition coefficient (Wildman–Crippen LogP) is 0.598. The topological polar surface area (TPSA) is 83.6 Å². The van der Waals surface area contributed by atoms with Crippen LogP contribution in [0.15, 0.2) is 12.1 Å². The van der Waals surface area contributed by atoms with Gasteiger partial charge in [-0.15, -0.1) is 15.3 Å². The molecule has 2 aromatic rings. The number of aliphatic carboxylic acids is 1. The number of fused-ring (bicyclic) bond motifs is 1. The van der Waals surface area contributed by atoms with Gasteiger partial charge in [-0.2, -0.15) is 4.52 Å². The van der Waals surface area contributed by atoms with Crippen LogP contribution < -0.4 is 4.90 Å². The summed E-state index contributed by atoms with van der Waals surface area (Å²) in [6, 6.07) is 3.64. The zero-order chi connectivity index (χ0) is 13.1. The molecule has 18 heavy (non-hydrogen) atoms. The first-order valence-corrected chi connectivity index (χ1v) is 5.76. The Morgan fingerprint density at radius 2 is 2.22 bits per heavy atom. The van der Waals surface area contributed by atoms with Gasteiger partial charge in [0.25, 0.3) is 0 Å². The second-order valence-electron chi connectivity index (χ2n) is 4.00. The lowest BCUT2D eigenvalue weighted by molar-refractivity contribution is -0.136. The van der Waals surface area contributed by atoms with Gasteiger partial charge in [-0.1, -0.05) is 6.92 Å². The average Bonchev–Trinajstić information content (AvgIpc) is 2.77. The molecule has 0 bridgehead atoms. The van der Waals surface area contributed by atoms with Crippen LogP contribution in [-0.2, 0) is 11.2 Å². The van der Waals surface area contributed by atoms with Gasteiger partial charge < -0.3 is 10.0 Å². The quantitative estimate of drug-likeness (QED) is 0.835. The Balaban J connectivity index is 2.25. The maximum atomic E-state index is 10.5. The molecule has 2 heterocycles. The molecule has 0 aliphatic carbocycles. The molecule has 1 N–H and O–H groups in total. The van der Waals surface area contributed by atoms with Gasteiger partial charge in [0, 0.05) is 20.0 Å². The van der Waals surface area contributed by atoms with E-state index in [1.54, 1.807) is 9.42 Å². The fraction of sp³-hybridized carbons (Fsp3) is 0.455. The van der Waals surface area contributed by atoms with Gasteiger partial charge >= 0.3 is 5.97 Å². The molecule has 0 fully saturated rings. The first kappa shape index (κ1) is 12.3. The maximum absolute atomic E-state index is 10.5. The van der Waals surface area contributed by atoms with E-state index in [1.165, 1.54) is 0 Å². The molecule has 2 rings (SSSR count). The number of carbonyl (C=O) groups is 1.